The number of methoxy groups -OCH3 is 1. The second-order valence-electron chi connectivity index (χ2n) is 5.09. The summed E-state index contributed by atoms with van der Waals surface area (Å²) >= 11 is 0. The zero-order valence-electron chi connectivity index (χ0n) is 12.5. The van der Waals surface area contributed by atoms with Crippen molar-refractivity contribution in [2.45, 2.75) is 27.4 Å². The van der Waals surface area contributed by atoms with Gasteiger partial charge in [0.05, 0.1) is 12.8 Å². The molecule has 0 spiro atoms. The molecule has 0 saturated heterocycles. The second-order valence-corrected chi connectivity index (χ2v) is 5.09. The summed E-state index contributed by atoms with van der Waals surface area (Å²) in [7, 11) is 1.61. The molecule has 2 aromatic carbocycles. The highest BCUT2D eigenvalue weighted by atomic mass is 16.5. The first kappa shape index (κ1) is 14.3. The summed E-state index contributed by atoms with van der Waals surface area (Å²) in [5, 5.41) is 0. The van der Waals surface area contributed by atoms with E-state index in [-0.39, 0.29) is 0 Å². The molecule has 0 atom stereocenters. The third-order valence-corrected chi connectivity index (χ3v) is 3.28. The monoisotopic (exact) mass is 271 g/mol. The van der Waals surface area contributed by atoms with E-state index >= 15 is 0 Å². The topological polar surface area (TPSA) is 44.5 Å². The van der Waals surface area contributed by atoms with Crippen LogP contribution < -0.4 is 15.2 Å². The van der Waals surface area contributed by atoms with Crippen molar-refractivity contribution < 1.29 is 9.47 Å². The normalized spacial score (nSPS) is 10.4. The highest BCUT2D eigenvalue weighted by molar-refractivity contribution is 5.54. The molecule has 3 heteroatoms. The van der Waals surface area contributed by atoms with Crippen LogP contribution in [0.15, 0.2) is 30.3 Å². The molecular weight excluding hydrogens is 250 g/mol. The van der Waals surface area contributed by atoms with E-state index in [0.29, 0.717) is 18.0 Å². The van der Waals surface area contributed by atoms with Gasteiger partial charge in [-0.1, -0.05) is 23.8 Å². The summed E-state index contributed by atoms with van der Waals surface area (Å²) in [4.78, 5) is 0. The van der Waals surface area contributed by atoms with Crippen LogP contribution >= 0.6 is 0 Å². The van der Waals surface area contributed by atoms with Crippen molar-refractivity contribution in [1.82, 2.24) is 0 Å². The average Bonchev–Trinajstić information content (AvgIpc) is 2.37. The lowest BCUT2D eigenvalue weighted by molar-refractivity contribution is 0.301. The van der Waals surface area contributed by atoms with Crippen molar-refractivity contribution in [2.75, 3.05) is 12.8 Å². The molecule has 0 aliphatic rings. The van der Waals surface area contributed by atoms with E-state index in [1.165, 1.54) is 5.56 Å². The summed E-state index contributed by atoms with van der Waals surface area (Å²) in [6.07, 6.45) is 0. The van der Waals surface area contributed by atoms with Gasteiger partial charge in [-0.25, -0.2) is 0 Å². The van der Waals surface area contributed by atoms with Gasteiger partial charge in [0.25, 0.3) is 0 Å². The SMILES string of the molecule is COc1ccc(COc2c(C)cc(C)cc2C)cc1N. The van der Waals surface area contributed by atoms with Gasteiger partial charge in [-0.15, -0.1) is 0 Å². The molecule has 0 amide bonds. The van der Waals surface area contributed by atoms with Crippen LogP contribution in [0.2, 0.25) is 0 Å². The zero-order valence-corrected chi connectivity index (χ0v) is 12.5. The Balaban J connectivity index is 2.15. The highest BCUT2D eigenvalue weighted by Crippen LogP contribution is 2.27. The van der Waals surface area contributed by atoms with Gasteiger partial charge in [0.2, 0.25) is 0 Å². The quantitative estimate of drug-likeness (QED) is 0.861. The van der Waals surface area contributed by atoms with Gasteiger partial charge in [0, 0.05) is 0 Å². The molecule has 20 heavy (non-hydrogen) atoms. The molecule has 0 fully saturated rings. The Hall–Kier alpha value is -2.16. The maximum Gasteiger partial charge on any atom is 0.141 e. The Labute approximate surface area is 120 Å². The summed E-state index contributed by atoms with van der Waals surface area (Å²) < 4.78 is 11.1. The molecular formula is C17H21NO2. The van der Waals surface area contributed by atoms with E-state index in [2.05, 4.69) is 32.9 Å². The summed E-state index contributed by atoms with van der Waals surface area (Å²) in [6, 6.07) is 9.98. The molecule has 0 bridgehead atoms. The number of anilines is 1. The van der Waals surface area contributed by atoms with Gasteiger partial charge in [-0.05, 0) is 49.6 Å². The van der Waals surface area contributed by atoms with Crippen molar-refractivity contribution in [3.05, 3.63) is 52.6 Å². The molecule has 0 aromatic heterocycles. The second kappa shape index (κ2) is 5.87. The minimum atomic E-state index is 0.499. The molecule has 0 aliphatic heterocycles. The Kier molecular flexibility index (Phi) is 4.18. The van der Waals surface area contributed by atoms with Gasteiger partial charge in [0.15, 0.2) is 0 Å². The van der Waals surface area contributed by atoms with Crippen LogP contribution in [0.1, 0.15) is 22.3 Å². The Morgan fingerprint density at radius 3 is 2.20 bits per heavy atom. The van der Waals surface area contributed by atoms with Crippen molar-refractivity contribution in [2.24, 2.45) is 0 Å². The van der Waals surface area contributed by atoms with Gasteiger partial charge < -0.3 is 15.2 Å². The number of nitrogens with two attached hydrogens (primary N) is 1. The van der Waals surface area contributed by atoms with Crippen LogP contribution in [0, 0.1) is 20.8 Å². The molecule has 3 nitrogen and oxygen atoms in total. The molecule has 0 radical (unpaired) electrons. The lowest BCUT2D eigenvalue weighted by Gasteiger charge is -2.14. The number of hydrogen-bond donors (Lipinski definition) is 1. The molecule has 2 aromatic rings. The molecule has 0 heterocycles. The van der Waals surface area contributed by atoms with Gasteiger partial charge in [-0.2, -0.15) is 0 Å². The van der Waals surface area contributed by atoms with Crippen LogP contribution in [0.3, 0.4) is 0 Å². The lowest BCUT2D eigenvalue weighted by Crippen LogP contribution is -2.01. The number of aryl methyl sites for hydroxylation is 3. The number of benzene rings is 2. The average molecular weight is 271 g/mol. The summed E-state index contributed by atoms with van der Waals surface area (Å²) in [6.45, 7) is 6.72. The maximum atomic E-state index is 5.94. The Morgan fingerprint density at radius 2 is 1.65 bits per heavy atom. The van der Waals surface area contributed by atoms with E-state index in [1.54, 1.807) is 7.11 Å². The van der Waals surface area contributed by atoms with E-state index in [0.717, 1.165) is 22.4 Å². The van der Waals surface area contributed by atoms with Crippen LogP contribution in [0.25, 0.3) is 0 Å². The third kappa shape index (κ3) is 3.05. The first-order valence-corrected chi connectivity index (χ1v) is 6.64. The Morgan fingerprint density at radius 1 is 1.00 bits per heavy atom. The van der Waals surface area contributed by atoms with E-state index in [4.69, 9.17) is 15.2 Å². The standard InChI is InChI=1S/C17H21NO2/c1-11-7-12(2)17(13(3)8-11)20-10-14-5-6-16(19-4)15(18)9-14/h5-9H,10,18H2,1-4H3. The highest BCUT2D eigenvalue weighted by Gasteiger charge is 2.06. The number of hydrogen-bond acceptors (Lipinski definition) is 3. The van der Waals surface area contributed by atoms with Crippen molar-refractivity contribution >= 4 is 5.69 Å². The van der Waals surface area contributed by atoms with Crippen LogP contribution in [0.4, 0.5) is 5.69 Å². The molecule has 0 aliphatic carbocycles. The largest absolute Gasteiger partial charge is 0.495 e. The van der Waals surface area contributed by atoms with Gasteiger partial charge in [0.1, 0.15) is 18.1 Å². The van der Waals surface area contributed by atoms with Crippen LogP contribution in [-0.4, -0.2) is 7.11 Å². The number of nitrogen functional groups attached to an aromatic ring is 1. The zero-order chi connectivity index (χ0) is 14.7. The molecule has 2 N–H and O–H groups in total. The smallest absolute Gasteiger partial charge is 0.141 e. The first-order valence-electron chi connectivity index (χ1n) is 6.64. The van der Waals surface area contributed by atoms with Crippen molar-refractivity contribution in [1.29, 1.82) is 0 Å². The van der Waals surface area contributed by atoms with E-state index < -0.39 is 0 Å². The molecule has 106 valence electrons. The van der Waals surface area contributed by atoms with Crippen LogP contribution in [-0.2, 0) is 6.61 Å². The van der Waals surface area contributed by atoms with Crippen molar-refractivity contribution in [3.63, 3.8) is 0 Å². The van der Waals surface area contributed by atoms with E-state index in [9.17, 15) is 0 Å². The molecule has 0 unspecified atom stereocenters. The van der Waals surface area contributed by atoms with Gasteiger partial charge in [-0.3, -0.25) is 0 Å². The number of ether oxygens (including phenoxy) is 2. The van der Waals surface area contributed by atoms with Crippen molar-refractivity contribution in [3.8, 4) is 11.5 Å². The Bertz CT molecular complexity index is 597. The maximum absolute atomic E-state index is 5.94. The lowest BCUT2D eigenvalue weighted by atomic mass is 10.1. The molecule has 0 saturated carbocycles. The minimum Gasteiger partial charge on any atom is -0.495 e. The predicted octanol–water partition coefficient (Wildman–Crippen LogP) is 3.78. The predicted molar refractivity (Wildman–Crippen MR) is 82.4 cm³/mol. The fourth-order valence-corrected chi connectivity index (χ4v) is 2.42. The van der Waals surface area contributed by atoms with E-state index in [1.807, 2.05) is 18.2 Å². The first-order chi connectivity index (χ1) is 9.51. The van der Waals surface area contributed by atoms with Gasteiger partial charge >= 0.3 is 0 Å². The third-order valence-electron chi connectivity index (χ3n) is 3.28. The number of rotatable bonds is 4. The van der Waals surface area contributed by atoms with Crippen LogP contribution in [0.5, 0.6) is 11.5 Å². The summed E-state index contributed by atoms with van der Waals surface area (Å²) in [5.41, 5.74) is 11.1. The fourth-order valence-electron chi connectivity index (χ4n) is 2.42. The minimum absolute atomic E-state index is 0.499. The fraction of sp³-hybridized carbons (Fsp3) is 0.294. The summed E-state index contributed by atoms with van der Waals surface area (Å²) in [5.74, 6) is 1.64. The molecule has 2 rings (SSSR count).